The molecule has 1 rings (SSSR count). The van der Waals surface area contributed by atoms with Gasteiger partial charge >= 0.3 is 0 Å². The number of nitrogens with two attached hydrogens (primary N) is 1. The molecular formula is C8H13N3S. The van der Waals surface area contributed by atoms with Gasteiger partial charge in [0.1, 0.15) is 6.04 Å². The van der Waals surface area contributed by atoms with Crippen LogP contribution in [-0.4, -0.2) is 14.8 Å². The summed E-state index contributed by atoms with van der Waals surface area (Å²) >= 11 is 4.92. The summed E-state index contributed by atoms with van der Waals surface area (Å²) in [6.45, 7) is 3.99. The number of hydrogen-bond donors (Lipinski definition) is 1. The van der Waals surface area contributed by atoms with Gasteiger partial charge in [0.05, 0.1) is 10.7 Å². The molecule has 0 aliphatic carbocycles. The quantitative estimate of drug-likeness (QED) is 0.721. The first-order valence-corrected chi connectivity index (χ1v) is 4.37. The van der Waals surface area contributed by atoms with Crippen molar-refractivity contribution in [2.24, 2.45) is 5.73 Å². The topological polar surface area (TPSA) is 43.8 Å². The van der Waals surface area contributed by atoms with E-state index in [1.807, 2.05) is 30.8 Å². The summed E-state index contributed by atoms with van der Waals surface area (Å²) in [6, 6.07) is 2.01. The van der Waals surface area contributed by atoms with E-state index in [0.29, 0.717) is 4.99 Å². The van der Waals surface area contributed by atoms with E-state index in [9.17, 15) is 0 Å². The van der Waals surface area contributed by atoms with Gasteiger partial charge in [-0.15, -0.1) is 0 Å². The summed E-state index contributed by atoms with van der Waals surface area (Å²) in [5.41, 5.74) is 6.55. The molecule has 0 radical (unpaired) electrons. The maximum Gasteiger partial charge on any atom is 0.101 e. The second-order valence-electron chi connectivity index (χ2n) is 2.76. The van der Waals surface area contributed by atoms with Crippen LogP contribution in [0.4, 0.5) is 0 Å². The fraction of sp³-hybridized carbons (Fsp3) is 0.500. The molecule has 0 aliphatic rings. The molecule has 1 aromatic rings. The summed E-state index contributed by atoms with van der Waals surface area (Å²) in [6.07, 6.45) is 2.79. The standard InChI is InChI=1S/C8H13N3S/c1-3-7(8(9)12)11-5-4-6(2)10-11/h4-5,7H,3H2,1-2H3,(H2,9,12). The van der Waals surface area contributed by atoms with Gasteiger partial charge < -0.3 is 5.73 Å². The van der Waals surface area contributed by atoms with Crippen LogP contribution in [0.25, 0.3) is 0 Å². The fourth-order valence-corrected chi connectivity index (χ4v) is 1.40. The number of aromatic nitrogens is 2. The third-order valence-corrected chi connectivity index (χ3v) is 2.05. The van der Waals surface area contributed by atoms with Gasteiger partial charge in [0.15, 0.2) is 0 Å². The highest BCUT2D eigenvalue weighted by Gasteiger charge is 2.11. The van der Waals surface area contributed by atoms with Crippen molar-refractivity contribution >= 4 is 17.2 Å². The van der Waals surface area contributed by atoms with Crippen molar-refractivity contribution in [3.05, 3.63) is 18.0 Å². The number of aryl methyl sites for hydroxylation is 1. The maximum atomic E-state index is 5.56. The second-order valence-corrected chi connectivity index (χ2v) is 3.23. The predicted molar refractivity (Wildman–Crippen MR) is 53.1 cm³/mol. The molecule has 12 heavy (non-hydrogen) atoms. The molecular weight excluding hydrogens is 170 g/mol. The minimum Gasteiger partial charge on any atom is -0.392 e. The first-order valence-electron chi connectivity index (χ1n) is 3.96. The van der Waals surface area contributed by atoms with E-state index in [-0.39, 0.29) is 6.04 Å². The number of nitrogens with zero attached hydrogens (tertiary/aromatic N) is 2. The zero-order chi connectivity index (χ0) is 9.14. The van der Waals surface area contributed by atoms with E-state index in [4.69, 9.17) is 18.0 Å². The molecule has 2 N–H and O–H groups in total. The molecule has 0 bridgehead atoms. The van der Waals surface area contributed by atoms with Gasteiger partial charge in [0.25, 0.3) is 0 Å². The van der Waals surface area contributed by atoms with E-state index in [1.165, 1.54) is 0 Å². The van der Waals surface area contributed by atoms with Crippen LogP contribution in [0.2, 0.25) is 0 Å². The van der Waals surface area contributed by atoms with Gasteiger partial charge in [-0.1, -0.05) is 19.1 Å². The Morgan fingerprint density at radius 1 is 1.83 bits per heavy atom. The summed E-state index contributed by atoms with van der Waals surface area (Å²) in [5, 5.41) is 4.25. The molecule has 0 saturated heterocycles. The van der Waals surface area contributed by atoms with Crippen LogP contribution in [0.15, 0.2) is 12.3 Å². The molecule has 0 saturated carbocycles. The second kappa shape index (κ2) is 3.67. The van der Waals surface area contributed by atoms with Crippen molar-refractivity contribution in [1.82, 2.24) is 9.78 Å². The molecule has 66 valence electrons. The SMILES string of the molecule is CCC(C(N)=S)n1ccc(C)n1. The van der Waals surface area contributed by atoms with Crippen LogP contribution >= 0.6 is 12.2 Å². The highest BCUT2D eigenvalue weighted by Crippen LogP contribution is 2.10. The predicted octanol–water partition coefficient (Wildman–Crippen LogP) is 1.43. The van der Waals surface area contributed by atoms with Crippen LogP contribution in [0.1, 0.15) is 25.1 Å². The van der Waals surface area contributed by atoms with Crippen molar-refractivity contribution in [1.29, 1.82) is 0 Å². The van der Waals surface area contributed by atoms with Crippen LogP contribution in [0.3, 0.4) is 0 Å². The van der Waals surface area contributed by atoms with E-state index in [0.717, 1.165) is 12.1 Å². The van der Waals surface area contributed by atoms with Gasteiger partial charge in [-0.05, 0) is 19.4 Å². The number of rotatable bonds is 3. The average Bonchev–Trinajstić information content (AvgIpc) is 2.37. The molecule has 1 atom stereocenters. The molecule has 1 heterocycles. The van der Waals surface area contributed by atoms with Crippen LogP contribution in [0, 0.1) is 6.92 Å². The Labute approximate surface area is 77.6 Å². The summed E-state index contributed by atoms with van der Waals surface area (Å²) in [7, 11) is 0. The van der Waals surface area contributed by atoms with Crippen LogP contribution in [-0.2, 0) is 0 Å². The van der Waals surface area contributed by atoms with E-state index in [1.54, 1.807) is 0 Å². The van der Waals surface area contributed by atoms with Crippen molar-refractivity contribution in [3.8, 4) is 0 Å². The van der Waals surface area contributed by atoms with Gasteiger partial charge in [0.2, 0.25) is 0 Å². The first-order chi connectivity index (χ1) is 5.65. The molecule has 0 amide bonds. The van der Waals surface area contributed by atoms with Crippen LogP contribution in [0.5, 0.6) is 0 Å². The van der Waals surface area contributed by atoms with Gasteiger partial charge in [-0.3, -0.25) is 4.68 Å². The molecule has 1 unspecified atom stereocenters. The largest absolute Gasteiger partial charge is 0.392 e. The monoisotopic (exact) mass is 183 g/mol. The van der Waals surface area contributed by atoms with E-state index >= 15 is 0 Å². The Kier molecular flexibility index (Phi) is 2.81. The molecule has 1 aromatic heterocycles. The maximum absolute atomic E-state index is 5.56. The lowest BCUT2D eigenvalue weighted by Gasteiger charge is -2.12. The Bertz CT molecular complexity index is 280. The summed E-state index contributed by atoms with van der Waals surface area (Å²) < 4.78 is 1.82. The molecule has 0 aromatic carbocycles. The van der Waals surface area contributed by atoms with Gasteiger partial charge in [-0.2, -0.15) is 5.10 Å². The highest BCUT2D eigenvalue weighted by molar-refractivity contribution is 7.80. The van der Waals surface area contributed by atoms with Gasteiger partial charge in [-0.25, -0.2) is 0 Å². The fourth-order valence-electron chi connectivity index (χ4n) is 1.13. The third-order valence-electron chi connectivity index (χ3n) is 1.78. The minimum absolute atomic E-state index is 0.0636. The molecule has 4 heteroatoms. The summed E-state index contributed by atoms with van der Waals surface area (Å²) in [5.74, 6) is 0. The van der Waals surface area contributed by atoms with Crippen LogP contribution < -0.4 is 5.73 Å². The number of thiocarbonyl (C=S) groups is 1. The van der Waals surface area contributed by atoms with Crippen molar-refractivity contribution in [3.63, 3.8) is 0 Å². The first kappa shape index (κ1) is 9.19. The minimum atomic E-state index is 0.0636. The van der Waals surface area contributed by atoms with Crippen molar-refractivity contribution in [2.75, 3.05) is 0 Å². The normalized spacial score (nSPS) is 12.8. The molecule has 0 aliphatic heterocycles. The molecule has 3 nitrogen and oxygen atoms in total. The lowest BCUT2D eigenvalue weighted by atomic mass is 10.2. The van der Waals surface area contributed by atoms with Gasteiger partial charge in [0, 0.05) is 6.20 Å². The Morgan fingerprint density at radius 3 is 2.83 bits per heavy atom. The van der Waals surface area contributed by atoms with Crippen molar-refractivity contribution in [2.45, 2.75) is 26.3 Å². The van der Waals surface area contributed by atoms with Crippen molar-refractivity contribution < 1.29 is 0 Å². The molecule has 0 spiro atoms. The number of hydrogen-bond acceptors (Lipinski definition) is 2. The zero-order valence-corrected chi connectivity index (χ0v) is 8.14. The van der Waals surface area contributed by atoms with E-state index in [2.05, 4.69) is 5.10 Å². The Hall–Kier alpha value is -0.900. The smallest absolute Gasteiger partial charge is 0.101 e. The zero-order valence-electron chi connectivity index (χ0n) is 7.32. The lowest BCUT2D eigenvalue weighted by molar-refractivity contribution is 0.550. The Balaban J connectivity index is 2.87. The lowest BCUT2D eigenvalue weighted by Crippen LogP contribution is -2.24. The van der Waals surface area contributed by atoms with E-state index < -0.39 is 0 Å². The average molecular weight is 183 g/mol. The summed E-state index contributed by atoms with van der Waals surface area (Å²) in [4.78, 5) is 0.501. The Morgan fingerprint density at radius 2 is 2.50 bits per heavy atom. The third kappa shape index (κ3) is 1.82. The highest BCUT2D eigenvalue weighted by atomic mass is 32.1. The molecule has 0 fully saturated rings.